The van der Waals surface area contributed by atoms with Gasteiger partial charge in [-0.05, 0) is 50.4 Å². The SMILES string of the molecule is CCNC(=O)C1CC(c2cc(F)ccc2OC)CCN1. The smallest absolute Gasteiger partial charge is 0.237 e. The molecule has 2 N–H and O–H groups in total. The summed E-state index contributed by atoms with van der Waals surface area (Å²) in [5.41, 5.74) is 0.850. The van der Waals surface area contributed by atoms with Crippen molar-refractivity contribution in [2.75, 3.05) is 20.2 Å². The van der Waals surface area contributed by atoms with E-state index < -0.39 is 0 Å². The van der Waals surface area contributed by atoms with Crippen LogP contribution in [0, 0.1) is 5.82 Å². The summed E-state index contributed by atoms with van der Waals surface area (Å²) in [5.74, 6) is 0.559. The highest BCUT2D eigenvalue weighted by molar-refractivity contribution is 5.81. The number of benzene rings is 1. The maximum absolute atomic E-state index is 13.5. The van der Waals surface area contributed by atoms with Crippen molar-refractivity contribution in [2.45, 2.75) is 31.7 Å². The molecule has 1 fully saturated rings. The van der Waals surface area contributed by atoms with Gasteiger partial charge in [-0.15, -0.1) is 0 Å². The van der Waals surface area contributed by atoms with Crippen LogP contribution in [0.3, 0.4) is 0 Å². The normalized spacial score (nSPS) is 22.4. The number of methoxy groups -OCH3 is 1. The van der Waals surface area contributed by atoms with Crippen LogP contribution in [0.15, 0.2) is 18.2 Å². The van der Waals surface area contributed by atoms with Gasteiger partial charge < -0.3 is 15.4 Å². The van der Waals surface area contributed by atoms with Crippen LogP contribution in [0.25, 0.3) is 0 Å². The number of hydrogen-bond acceptors (Lipinski definition) is 3. The molecule has 110 valence electrons. The molecule has 0 aromatic heterocycles. The second kappa shape index (κ2) is 6.70. The Labute approximate surface area is 118 Å². The molecule has 1 aliphatic heterocycles. The van der Waals surface area contributed by atoms with E-state index in [4.69, 9.17) is 4.74 Å². The number of likely N-dealkylation sites (N-methyl/N-ethyl adjacent to an activating group) is 1. The second-order valence-electron chi connectivity index (χ2n) is 5.01. The predicted molar refractivity (Wildman–Crippen MR) is 75.4 cm³/mol. The third-order valence-corrected chi connectivity index (χ3v) is 3.70. The molecule has 1 aromatic rings. The van der Waals surface area contributed by atoms with Crippen molar-refractivity contribution in [3.63, 3.8) is 0 Å². The van der Waals surface area contributed by atoms with Crippen LogP contribution in [0.1, 0.15) is 31.2 Å². The van der Waals surface area contributed by atoms with Gasteiger partial charge in [0.15, 0.2) is 0 Å². The third-order valence-electron chi connectivity index (χ3n) is 3.70. The zero-order chi connectivity index (χ0) is 14.5. The van der Waals surface area contributed by atoms with Gasteiger partial charge in [0, 0.05) is 12.1 Å². The van der Waals surface area contributed by atoms with Crippen molar-refractivity contribution in [3.8, 4) is 5.75 Å². The van der Waals surface area contributed by atoms with E-state index in [2.05, 4.69) is 10.6 Å². The molecule has 0 saturated carbocycles. The van der Waals surface area contributed by atoms with Crippen molar-refractivity contribution >= 4 is 5.91 Å². The van der Waals surface area contributed by atoms with Gasteiger partial charge >= 0.3 is 0 Å². The second-order valence-corrected chi connectivity index (χ2v) is 5.01. The first-order chi connectivity index (χ1) is 9.65. The molecule has 2 rings (SSSR count). The van der Waals surface area contributed by atoms with Crippen molar-refractivity contribution in [3.05, 3.63) is 29.6 Å². The lowest BCUT2D eigenvalue weighted by molar-refractivity contribution is -0.123. The molecule has 2 atom stereocenters. The van der Waals surface area contributed by atoms with E-state index in [0.717, 1.165) is 18.5 Å². The molecule has 1 saturated heterocycles. The summed E-state index contributed by atoms with van der Waals surface area (Å²) >= 11 is 0. The molecule has 0 bridgehead atoms. The molecular weight excluding hydrogens is 259 g/mol. The van der Waals surface area contributed by atoms with E-state index in [-0.39, 0.29) is 23.7 Å². The summed E-state index contributed by atoms with van der Waals surface area (Å²) in [4.78, 5) is 11.9. The molecule has 4 nitrogen and oxygen atoms in total. The third kappa shape index (κ3) is 3.28. The van der Waals surface area contributed by atoms with Crippen LogP contribution in [-0.2, 0) is 4.79 Å². The predicted octanol–water partition coefficient (Wildman–Crippen LogP) is 1.81. The number of ether oxygens (including phenoxy) is 1. The highest BCUT2D eigenvalue weighted by atomic mass is 19.1. The standard InChI is InChI=1S/C15H21FN2O2/c1-3-17-15(19)13-8-10(6-7-18-13)12-9-11(16)4-5-14(12)20-2/h4-5,9-10,13,18H,3,6-8H2,1-2H3,(H,17,19). The maximum Gasteiger partial charge on any atom is 0.237 e. The summed E-state index contributed by atoms with van der Waals surface area (Å²) in [6.45, 7) is 3.25. The molecule has 20 heavy (non-hydrogen) atoms. The zero-order valence-corrected chi connectivity index (χ0v) is 11.9. The lowest BCUT2D eigenvalue weighted by Crippen LogP contribution is -2.48. The van der Waals surface area contributed by atoms with E-state index in [1.165, 1.54) is 12.1 Å². The van der Waals surface area contributed by atoms with Crippen molar-refractivity contribution in [2.24, 2.45) is 0 Å². The Balaban J connectivity index is 2.16. The van der Waals surface area contributed by atoms with Gasteiger partial charge in [-0.2, -0.15) is 0 Å². The minimum absolute atomic E-state index is 0.00701. The Kier molecular flexibility index (Phi) is 4.95. The van der Waals surface area contributed by atoms with Crippen LogP contribution in [0.4, 0.5) is 4.39 Å². The average Bonchev–Trinajstić information content (AvgIpc) is 2.47. The molecule has 1 heterocycles. The first-order valence-corrected chi connectivity index (χ1v) is 7.00. The topological polar surface area (TPSA) is 50.4 Å². The van der Waals surface area contributed by atoms with Crippen LogP contribution in [0.2, 0.25) is 0 Å². The van der Waals surface area contributed by atoms with Gasteiger partial charge in [0.25, 0.3) is 0 Å². The molecule has 1 amide bonds. The van der Waals surface area contributed by atoms with E-state index in [9.17, 15) is 9.18 Å². The van der Waals surface area contributed by atoms with Gasteiger partial charge in [-0.25, -0.2) is 4.39 Å². The fourth-order valence-electron chi connectivity index (χ4n) is 2.72. The quantitative estimate of drug-likeness (QED) is 0.884. The van der Waals surface area contributed by atoms with Gasteiger partial charge in [-0.3, -0.25) is 4.79 Å². The van der Waals surface area contributed by atoms with Gasteiger partial charge in [0.05, 0.1) is 13.2 Å². The Bertz CT molecular complexity index is 479. The summed E-state index contributed by atoms with van der Waals surface area (Å²) in [6.07, 6.45) is 1.53. The monoisotopic (exact) mass is 280 g/mol. The van der Waals surface area contributed by atoms with Gasteiger partial charge in [0.1, 0.15) is 11.6 Å². The average molecular weight is 280 g/mol. The fourth-order valence-corrected chi connectivity index (χ4v) is 2.72. The number of amides is 1. The number of hydrogen-bond donors (Lipinski definition) is 2. The first-order valence-electron chi connectivity index (χ1n) is 7.00. The summed E-state index contributed by atoms with van der Waals surface area (Å²) in [5, 5.41) is 6.03. The fraction of sp³-hybridized carbons (Fsp3) is 0.533. The number of piperidine rings is 1. The van der Waals surface area contributed by atoms with E-state index >= 15 is 0 Å². The van der Waals surface area contributed by atoms with Crippen LogP contribution in [0.5, 0.6) is 5.75 Å². The van der Waals surface area contributed by atoms with Crippen LogP contribution in [-0.4, -0.2) is 32.1 Å². The number of nitrogens with one attached hydrogen (secondary N) is 2. The van der Waals surface area contributed by atoms with Gasteiger partial charge in [0.2, 0.25) is 5.91 Å². The molecule has 1 aromatic carbocycles. The molecule has 1 aliphatic rings. The lowest BCUT2D eigenvalue weighted by Gasteiger charge is -2.30. The molecule has 0 spiro atoms. The van der Waals surface area contributed by atoms with E-state index in [0.29, 0.717) is 18.7 Å². The minimum atomic E-state index is -0.270. The van der Waals surface area contributed by atoms with Gasteiger partial charge in [-0.1, -0.05) is 0 Å². The van der Waals surface area contributed by atoms with Crippen LogP contribution >= 0.6 is 0 Å². The number of carbonyl (C=O) groups is 1. The number of halogens is 1. The summed E-state index contributed by atoms with van der Waals surface area (Å²) in [7, 11) is 1.58. The van der Waals surface area contributed by atoms with E-state index in [1.54, 1.807) is 13.2 Å². The van der Waals surface area contributed by atoms with Crippen molar-refractivity contribution in [1.82, 2.24) is 10.6 Å². The molecule has 0 radical (unpaired) electrons. The van der Waals surface area contributed by atoms with Crippen molar-refractivity contribution in [1.29, 1.82) is 0 Å². The zero-order valence-electron chi connectivity index (χ0n) is 11.9. The Hall–Kier alpha value is -1.62. The molecule has 2 unspecified atom stereocenters. The van der Waals surface area contributed by atoms with Crippen LogP contribution < -0.4 is 15.4 Å². The lowest BCUT2D eigenvalue weighted by atomic mass is 9.85. The summed E-state index contributed by atoms with van der Waals surface area (Å²) < 4.78 is 18.8. The maximum atomic E-state index is 13.5. The summed E-state index contributed by atoms with van der Waals surface area (Å²) in [6, 6.07) is 4.34. The molecular formula is C15H21FN2O2. The Morgan fingerprint density at radius 2 is 2.35 bits per heavy atom. The molecule has 5 heteroatoms. The Morgan fingerprint density at radius 3 is 3.05 bits per heavy atom. The van der Waals surface area contributed by atoms with E-state index in [1.807, 2.05) is 6.92 Å². The number of rotatable bonds is 4. The van der Waals surface area contributed by atoms with Crippen molar-refractivity contribution < 1.29 is 13.9 Å². The molecule has 0 aliphatic carbocycles. The minimum Gasteiger partial charge on any atom is -0.496 e. The highest BCUT2D eigenvalue weighted by Gasteiger charge is 2.29. The highest BCUT2D eigenvalue weighted by Crippen LogP contribution is 2.34. The first kappa shape index (κ1) is 14.8. The Morgan fingerprint density at radius 1 is 1.55 bits per heavy atom. The number of carbonyl (C=O) groups excluding carboxylic acids is 1. The largest absolute Gasteiger partial charge is 0.496 e.